The number of nitrogens with one attached hydrogen (secondary N) is 1. The van der Waals surface area contributed by atoms with Crippen molar-refractivity contribution in [3.63, 3.8) is 0 Å². The second-order valence-electron chi connectivity index (χ2n) is 7.13. The number of halogens is 1. The molecule has 0 aromatic carbocycles. The molecule has 1 aliphatic rings. The van der Waals surface area contributed by atoms with Crippen molar-refractivity contribution in [1.29, 1.82) is 0 Å². The van der Waals surface area contributed by atoms with Gasteiger partial charge in [0.05, 0.1) is 11.4 Å². The first kappa shape index (κ1) is 24.6. The summed E-state index contributed by atoms with van der Waals surface area (Å²) in [5, 5.41) is 11.5. The third-order valence-corrected chi connectivity index (χ3v) is 7.09. The van der Waals surface area contributed by atoms with E-state index in [-0.39, 0.29) is 29.7 Å². The summed E-state index contributed by atoms with van der Waals surface area (Å²) in [7, 11) is 0.292. The van der Waals surface area contributed by atoms with Crippen LogP contribution < -0.4 is 5.32 Å². The summed E-state index contributed by atoms with van der Waals surface area (Å²) >= 11 is 0. The number of piperazine rings is 1. The molecule has 1 fully saturated rings. The number of hydrogen-bond acceptors (Lipinski definition) is 6. The van der Waals surface area contributed by atoms with Gasteiger partial charge in [0.15, 0.2) is 5.96 Å². The van der Waals surface area contributed by atoms with E-state index in [0.29, 0.717) is 31.9 Å². The standard InChI is InChI=1S/C18H29N7O3S.HI/c1-14-17(15(2)23(4)21-14)5-7-20-18(19-3)24-8-10-25(11-9-24)29(26,27)13-16-6-12-28-22-16;/h6,12H,5,7-11,13H2,1-4H3,(H,19,20);1H. The SMILES string of the molecule is CN=C(NCCc1c(C)nn(C)c1C)N1CCN(S(=O)(=O)Cc2ccon2)CC1.I. The molecule has 0 unspecified atom stereocenters. The number of guanidine groups is 1. The summed E-state index contributed by atoms with van der Waals surface area (Å²) in [6.45, 7) is 6.85. The monoisotopic (exact) mass is 551 g/mol. The maximum absolute atomic E-state index is 12.6. The predicted molar refractivity (Wildman–Crippen MR) is 125 cm³/mol. The van der Waals surface area contributed by atoms with Gasteiger partial charge >= 0.3 is 0 Å². The first-order valence-corrected chi connectivity index (χ1v) is 11.2. The first-order valence-electron chi connectivity index (χ1n) is 9.63. The van der Waals surface area contributed by atoms with Crippen molar-refractivity contribution in [2.75, 3.05) is 39.8 Å². The Balaban J connectivity index is 0.00000320. The fraction of sp³-hybridized carbons (Fsp3) is 0.611. The zero-order valence-electron chi connectivity index (χ0n) is 17.8. The van der Waals surface area contributed by atoms with Gasteiger partial charge in [0.1, 0.15) is 12.0 Å². The highest BCUT2D eigenvalue weighted by atomic mass is 127. The van der Waals surface area contributed by atoms with Crippen LogP contribution in [0.1, 0.15) is 22.6 Å². The molecule has 0 saturated carbocycles. The number of aliphatic imine (C=N–C) groups is 1. The molecule has 0 aliphatic carbocycles. The average molecular weight is 551 g/mol. The van der Waals surface area contributed by atoms with E-state index in [1.165, 1.54) is 21.8 Å². The molecule has 1 saturated heterocycles. The minimum absolute atomic E-state index is 0. The molecule has 0 spiro atoms. The predicted octanol–water partition coefficient (Wildman–Crippen LogP) is 0.908. The molecule has 168 valence electrons. The fourth-order valence-electron chi connectivity index (χ4n) is 3.58. The van der Waals surface area contributed by atoms with Crippen molar-refractivity contribution in [2.45, 2.75) is 26.0 Å². The maximum atomic E-state index is 12.6. The summed E-state index contributed by atoms with van der Waals surface area (Å²) in [5.41, 5.74) is 3.89. The van der Waals surface area contributed by atoms with Crippen LogP contribution in [-0.4, -0.2) is 78.3 Å². The lowest BCUT2D eigenvalue weighted by molar-refractivity contribution is 0.260. The third-order valence-electron chi connectivity index (χ3n) is 5.28. The van der Waals surface area contributed by atoms with Gasteiger partial charge in [0.25, 0.3) is 0 Å². The van der Waals surface area contributed by atoms with Crippen molar-refractivity contribution in [3.05, 3.63) is 35.0 Å². The molecule has 1 N–H and O–H groups in total. The van der Waals surface area contributed by atoms with Gasteiger partial charge in [-0.25, -0.2) is 8.42 Å². The first-order chi connectivity index (χ1) is 13.8. The summed E-state index contributed by atoms with van der Waals surface area (Å²) in [6, 6.07) is 1.57. The molecule has 10 nitrogen and oxygen atoms in total. The van der Waals surface area contributed by atoms with Crippen molar-refractivity contribution in [3.8, 4) is 0 Å². The van der Waals surface area contributed by atoms with Gasteiger partial charge < -0.3 is 14.7 Å². The molecular formula is C18H30IN7O3S. The van der Waals surface area contributed by atoms with Gasteiger partial charge in [0.2, 0.25) is 10.0 Å². The van der Waals surface area contributed by atoms with Gasteiger partial charge in [-0.3, -0.25) is 9.67 Å². The molecule has 12 heteroatoms. The van der Waals surface area contributed by atoms with Crippen LogP contribution >= 0.6 is 24.0 Å². The van der Waals surface area contributed by atoms with Crippen LogP contribution in [0.3, 0.4) is 0 Å². The fourth-order valence-corrected chi connectivity index (χ4v) is 5.00. The highest BCUT2D eigenvalue weighted by Gasteiger charge is 2.29. The van der Waals surface area contributed by atoms with Crippen LogP contribution in [0.5, 0.6) is 0 Å². The molecule has 2 aromatic rings. The molecule has 0 bridgehead atoms. The smallest absolute Gasteiger partial charge is 0.220 e. The number of nitrogens with zero attached hydrogens (tertiary/aromatic N) is 6. The number of aromatic nitrogens is 3. The van der Waals surface area contributed by atoms with Crippen molar-refractivity contribution < 1.29 is 12.9 Å². The Bertz CT molecular complexity index is 949. The number of sulfonamides is 1. The Morgan fingerprint density at radius 2 is 1.97 bits per heavy atom. The quantitative estimate of drug-likeness (QED) is 0.323. The van der Waals surface area contributed by atoms with E-state index in [4.69, 9.17) is 4.52 Å². The Morgan fingerprint density at radius 1 is 1.27 bits per heavy atom. The largest absolute Gasteiger partial charge is 0.364 e. The van der Waals surface area contributed by atoms with E-state index in [1.54, 1.807) is 13.1 Å². The van der Waals surface area contributed by atoms with E-state index in [9.17, 15) is 8.42 Å². The lowest BCUT2D eigenvalue weighted by Crippen LogP contribution is -2.54. The number of rotatable bonds is 6. The van der Waals surface area contributed by atoms with Crippen LogP contribution in [0.15, 0.2) is 21.8 Å². The Hall–Kier alpha value is -1.67. The van der Waals surface area contributed by atoms with Gasteiger partial charge in [-0.15, -0.1) is 24.0 Å². The second kappa shape index (κ2) is 10.6. The lowest BCUT2D eigenvalue weighted by Gasteiger charge is -2.35. The number of hydrogen-bond donors (Lipinski definition) is 1. The Labute approximate surface area is 194 Å². The van der Waals surface area contributed by atoms with Crippen molar-refractivity contribution >= 4 is 40.0 Å². The van der Waals surface area contributed by atoms with Crippen LogP contribution in [0.2, 0.25) is 0 Å². The lowest BCUT2D eigenvalue weighted by atomic mass is 10.1. The van der Waals surface area contributed by atoms with E-state index in [2.05, 4.69) is 32.4 Å². The highest BCUT2D eigenvalue weighted by Crippen LogP contribution is 2.14. The topological polar surface area (TPSA) is 109 Å². The van der Waals surface area contributed by atoms with Crippen LogP contribution in [-0.2, 0) is 29.2 Å². The summed E-state index contributed by atoms with van der Waals surface area (Å²) < 4.78 is 33.3. The van der Waals surface area contributed by atoms with Crippen LogP contribution in [0.25, 0.3) is 0 Å². The molecule has 3 rings (SSSR count). The zero-order chi connectivity index (χ0) is 21.0. The molecular weight excluding hydrogens is 521 g/mol. The minimum atomic E-state index is -3.41. The van der Waals surface area contributed by atoms with E-state index < -0.39 is 10.0 Å². The molecule has 30 heavy (non-hydrogen) atoms. The van der Waals surface area contributed by atoms with Gasteiger partial charge in [0, 0.05) is 58.6 Å². The average Bonchev–Trinajstić information content (AvgIpc) is 3.28. The normalized spacial score (nSPS) is 15.9. The molecule has 0 amide bonds. The van der Waals surface area contributed by atoms with Crippen LogP contribution in [0.4, 0.5) is 0 Å². The number of aryl methyl sites for hydroxylation is 2. The molecule has 3 heterocycles. The van der Waals surface area contributed by atoms with Gasteiger partial charge in [-0.1, -0.05) is 5.16 Å². The molecule has 1 aliphatic heterocycles. The third kappa shape index (κ3) is 5.72. The Morgan fingerprint density at radius 3 is 2.50 bits per heavy atom. The molecule has 0 radical (unpaired) electrons. The zero-order valence-corrected chi connectivity index (χ0v) is 21.0. The minimum Gasteiger partial charge on any atom is -0.364 e. The van der Waals surface area contributed by atoms with Gasteiger partial charge in [-0.05, 0) is 25.8 Å². The molecule has 0 atom stereocenters. The maximum Gasteiger partial charge on any atom is 0.220 e. The van der Waals surface area contributed by atoms with Crippen molar-refractivity contribution in [2.24, 2.45) is 12.0 Å². The van der Waals surface area contributed by atoms with Crippen molar-refractivity contribution in [1.82, 2.24) is 29.5 Å². The molecule has 2 aromatic heterocycles. The van der Waals surface area contributed by atoms with E-state index >= 15 is 0 Å². The van der Waals surface area contributed by atoms with E-state index in [1.807, 2.05) is 18.7 Å². The summed E-state index contributed by atoms with van der Waals surface area (Å²) in [5.74, 6) is 0.651. The summed E-state index contributed by atoms with van der Waals surface area (Å²) in [4.78, 5) is 6.45. The Kier molecular flexibility index (Phi) is 8.67. The van der Waals surface area contributed by atoms with E-state index in [0.717, 1.165) is 24.6 Å². The van der Waals surface area contributed by atoms with Crippen LogP contribution in [0, 0.1) is 13.8 Å². The summed E-state index contributed by atoms with van der Waals surface area (Å²) in [6.07, 6.45) is 2.24. The van der Waals surface area contributed by atoms with Gasteiger partial charge in [-0.2, -0.15) is 9.40 Å². The second-order valence-corrected chi connectivity index (χ2v) is 9.10. The highest BCUT2D eigenvalue weighted by molar-refractivity contribution is 14.0.